The summed E-state index contributed by atoms with van der Waals surface area (Å²) in [5.74, 6) is 0. The van der Waals surface area contributed by atoms with Crippen molar-refractivity contribution in [1.82, 2.24) is 9.78 Å². The second-order valence-electron chi connectivity index (χ2n) is 7.52. The molecule has 3 aromatic rings. The quantitative estimate of drug-likeness (QED) is 0.735. The number of benzene rings is 2. The maximum absolute atomic E-state index is 11.6. The van der Waals surface area contributed by atoms with Crippen molar-refractivity contribution in [2.75, 3.05) is 4.90 Å². The van der Waals surface area contributed by atoms with Crippen LogP contribution in [0.3, 0.4) is 0 Å². The summed E-state index contributed by atoms with van der Waals surface area (Å²) in [7, 11) is -3.68. The molecular weight excluding hydrogens is 372 g/mol. The second kappa shape index (κ2) is 6.76. The minimum absolute atomic E-state index is 0.175. The third-order valence-electron chi connectivity index (χ3n) is 5.28. The predicted molar refractivity (Wildman–Crippen MR) is 110 cm³/mol. The van der Waals surface area contributed by atoms with Crippen LogP contribution in [0.1, 0.15) is 29.4 Å². The Morgan fingerprint density at radius 2 is 1.82 bits per heavy atom. The second-order valence-corrected chi connectivity index (χ2v) is 9.08. The van der Waals surface area contributed by atoms with Crippen LogP contribution in [0, 0.1) is 13.8 Å². The van der Waals surface area contributed by atoms with E-state index in [2.05, 4.69) is 47.3 Å². The molecule has 2 heterocycles. The first-order chi connectivity index (χ1) is 13.2. The summed E-state index contributed by atoms with van der Waals surface area (Å²) in [6.45, 7) is 6.96. The fraction of sp³-hybridized carbons (Fsp3) is 0.286. The van der Waals surface area contributed by atoms with Crippen molar-refractivity contribution in [3.05, 3.63) is 71.0 Å². The predicted octanol–water partition coefficient (Wildman–Crippen LogP) is 3.09. The number of anilines is 1. The van der Waals surface area contributed by atoms with E-state index in [1.165, 1.54) is 5.56 Å². The topological polar surface area (TPSA) is 81.2 Å². The smallest absolute Gasteiger partial charge is 0.238 e. The molecule has 2 aromatic carbocycles. The van der Waals surface area contributed by atoms with Gasteiger partial charge in [0.2, 0.25) is 10.0 Å². The van der Waals surface area contributed by atoms with E-state index in [0.29, 0.717) is 6.04 Å². The first kappa shape index (κ1) is 18.7. The summed E-state index contributed by atoms with van der Waals surface area (Å²) in [6.07, 6.45) is 0.808. The summed E-state index contributed by atoms with van der Waals surface area (Å²) in [6, 6.07) is 15.9. The zero-order valence-corrected chi connectivity index (χ0v) is 17.1. The molecule has 2 N–H and O–H groups in total. The standard InChI is InChI=1S/C21H24N4O2S/c1-14-10-16(3)25(23-14)19-6-4-17(5-7-19)13-24-15(2)11-18-12-20(28(22,26)27)8-9-21(18)24/h4-10,12,15H,11,13H2,1-3H3,(H2,22,26,27)/t15-/m0/s1. The normalized spacial score (nSPS) is 16.4. The highest BCUT2D eigenvalue weighted by molar-refractivity contribution is 7.89. The molecule has 1 aliphatic rings. The van der Waals surface area contributed by atoms with E-state index in [4.69, 9.17) is 5.14 Å². The zero-order valence-electron chi connectivity index (χ0n) is 16.3. The average molecular weight is 397 g/mol. The third-order valence-corrected chi connectivity index (χ3v) is 6.19. The molecular formula is C21H24N4O2S. The summed E-state index contributed by atoms with van der Waals surface area (Å²) in [5.41, 5.74) is 6.45. The maximum atomic E-state index is 11.6. The number of nitrogens with two attached hydrogens (primary N) is 1. The lowest BCUT2D eigenvalue weighted by Crippen LogP contribution is -2.28. The Morgan fingerprint density at radius 1 is 1.11 bits per heavy atom. The number of nitrogens with zero attached hydrogens (tertiary/aromatic N) is 3. The van der Waals surface area contributed by atoms with Crippen LogP contribution in [0.2, 0.25) is 0 Å². The van der Waals surface area contributed by atoms with Crippen LogP contribution < -0.4 is 10.0 Å². The molecule has 0 saturated carbocycles. The molecule has 6 nitrogen and oxygen atoms in total. The van der Waals surface area contributed by atoms with E-state index in [9.17, 15) is 8.42 Å². The number of aromatic nitrogens is 2. The number of fused-ring (bicyclic) bond motifs is 1. The Labute approximate surface area is 165 Å². The van der Waals surface area contributed by atoms with Gasteiger partial charge in [0.25, 0.3) is 0 Å². The monoisotopic (exact) mass is 396 g/mol. The van der Waals surface area contributed by atoms with Gasteiger partial charge in [0.15, 0.2) is 0 Å². The lowest BCUT2D eigenvalue weighted by molar-refractivity contribution is 0.597. The van der Waals surface area contributed by atoms with Crippen molar-refractivity contribution in [3.8, 4) is 5.69 Å². The van der Waals surface area contributed by atoms with E-state index >= 15 is 0 Å². The van der Waals surface area contributed by atoms with Crippen LogP contribution in [0.15, 0.2) is 53.4 Å². The SMILES string of the molecule is Cc1cc(C)n(-c2ccc(CN3c4ccc(S(N)(=O)=O)cc4C[C@@H]3C)cc2)n1. The largest absolute Gasteiger partial charge is 0.364 e. The molecule has 0 amide bonds. The Kier molecular flexibility index (Phi) is 4.51. The molecule has 1 atom stereocenters. The molecule has 0 unspecified atom stereocenters. The maximum Gasteiger partial charge on any atom is 0.238 e. The van der Waals surface area contributed by atoms with Gasteiger partial charge in [0, 0.05) is 24.0 Å². The Balaban J connectivity index is 1.58. The summed E-state index contributed by atoms with van der Waals surface area (Å²) < 4.78 is 25.2. The van der Waals surface area contributed by atoms with Gasteiger partial charge in [-0.05, 0) is 74.7 Å². The highest BCUT2D eigenvalue weighted by Crippen LogP contribution is 2.34. The summed E-state index contributed by atoms with van der Waals surface area (Å²) in [4.78, 5) is 2.48. The highest BCUT2D eigenvalue weighted by Gasteiger charge is 2.27. The fourth-order valence-electron chi connectivity index (χ4n) is 3.92. The number of rotatable bonds is 4. The van der Waals surface area contributed by atoms with E-state index in [1.807, 2.05) is 24.6 Å². The van der Waals surface area contributed by atoms with Gasteiger partial charge in [0.05, 0.1) is 16.3 Å². The first-order valence-electron chi connectivity index (χ1n) is 9.27. The van der Waals surface area contributed by atoms with Crippen molar-refractivity contribution < 1.29 is 8.42 Å². The molecule has 0 aliphatic carbocycles. The number of sulfonamides is 1. The van der Waals surface area contributed by atoms with Crippen LogP contribution in [-0.2, 0) is 23.0 Å². The molecule has 28 heavy (non-hydrogen) atoms. The van der Waals surface area contributed by atoms with Gasteiger partial charge >= 0.3 is 0 Å². The average Bonchev–Trinajstić information content (AvgIpc) is 3.13. The summed E-state index contributed by atoms with van der Waals surface area (Å²) in [5, 5.41) is 9.80. The summed E-state index contributed by atoms with van der Waals surface area (Å²) >= 11 is 0. The van der Waals surface area contributed by atoms with Crippen molar-refractivity contribution >= 4 is 15.7 Å². The number of primary sulfonamides is 1. The van der Waals surface area contributed by atoms with Crippen molar-refractivity contribution in [3.63, 3.8) is 0 Å². The molecule has 0 saturated heterocycles. The first-order valence-corrected chi connectivity index (χ1v) is 10.8. The number of hydrogen-bond donors (Lipinski definition) is 1. The van der Waals surface area contributed by atoms with Crippen molar-refractivity contribution in [1.29, 1.82) is 0 Å². The van der Waals surface area contributed by atoms with Gasteiger partial charge in [-0.1, -0.05) is 12.1 Å². The van der Waals surface area contributed by atoms with Crippen LogP contribution in [0.5, 0.6) is 0 Å². The highest BCUT2D eigenvalue weighted by atomic mass is 32.2. The van der Waals surface area contributed by atoms with Gasteiger partial charge in [-0.2, -0.15) is 5.10 Å². The van der Waals surface area contributed by atoms with E-state index in [0.717, 1.165) is 41.3 Å². The van der Waals surface area contributed by atoms with E-state index < -0.39 is 10.0 Å². The van der Waals surface area contributed by atoms with Gasteiger partial charge in [-0.25, -0.2) is 18.2 Å². The molecule has 1 aliphatic heterocycles. The molecule has 0 radical (unpaired) electrons. The fourth-order valence-corrected chi connectivity index (χ4v) is 4.48. The molecule has 7 heteroatoms. The molecule has 1 aromatic heterocycles. The Bertz CT molecular complexity index is 1130. The molecule has 0 spiro atoms. The molecule has 0 fully saturated rings. The minimum atomic E-state index is -3.68. The molecule has 4 rings (SSSR count). The number of aryl methyl sites for hydroxylation is 2. The van der Waals surface area contributed by atoms with Gasteiger partial charge < -0.3 is 4.90 Å². The van der Waals surface area contributed by atoms with E-state index in [-0.39, 0.29) is 4.90 Å². The Hall–Kier alpha value is -2.64. The minimum Gasteiger partial charge on any atom is -0.364 e. The lowest BCUT2D eigenvalue weighted by Gasteiger charge is -2.25. The van der Waals surface area contributed by atoms with Crippen LogP contribution in [0.4, 0.5) is 5.69 Å². The van der Waals surface area contributed by atoms with Gasteiger partial charge in [-0.3, -0.25) is 0 Å². The van der Waals surface area contributed by atoms with Crippen LogP contribution in [-0.4, -0.2) is 24.2 Å². The van der Waals surface area contributed by atoms with Crippen molar-refractivity contribution in [2.45, 2.75) is 44.7 Å². The van der Waals surface area contributed by atoms with Gasteiger partial charge in [0.1, 0.15) is 0 Å². The Morgan fingerprint density at radius 3 is 2.43 bits per heavy atom. The molecule has 146 valence electrons. The zero-order chi connectivity index (χ0) is 20.1. The van der Waals surface area contributed by atoms with Crippen LogP contribution >= 0.6 is 0 Å². The third kappa shape index (κ3) is 3.43. The van der Waals surface area contributed by atoms with Gasteiger partial charge in [-0.15, -0.1) is 0 Å². The van der Waals surface area contributed by atoms with Crippen LogP contribution in [0.25, 0.3) is 5.69 Å². The van der Waals surface area contributed by atoms with E-state index in [1.54, 1.807) is 12.1 Å². The lowest BCUT2D eigenvalue weighted by atomic mass is 10.1. The number of hydrogen-bond acceptors (Lipinski definition) is 4. The molecule has 0 bridgehead atoms. The van der Waals surface area contributed by atoms with Crippen molar-refractivity contribution in [2.24, 2.45) is 5.14 Å².